The van der Waals surface area contributed by atoms with Crippen molar-refractivity contribution >= 4 is 11.7 Å². The lowest BCUT2D eigenvalue weighted by Gasteiger charge is -2.26. The van der Waals surface area contributed by atoms with Crippen molar-refractivity contribution in [2.24, 2.45) is 5.92 Å². The number of methoxy groups -OCH3 is 1. The van der Waals surface area contributed by atoms with Gasteiger partial charge in [0.1, 0.15) is 5.82 Å². The number of hydrogen-bond donors (Lipinski definition) is 3. The number of anilines is 1. The van der Waals surface area contributed by atoms with E-state index in [1.807, 2.05) is 6.07 Å². The van der Waals surface area contributed by atoms with Gasteiger partial charge < -0.3 is 25.8 Å². The third-order valence-electron chi connectivity index (χ3n) is 7.17. The van der Waals surface area contributed by atoms with Gasteiger partial charge in [0.2, 0.25) is 0 Å². The van der Waals surface area contributed by atoms with Gasteiger partial charge >= 0.3 is 0 Å². The molecule has 2 heterocycles. The van der Waals surface area contributed by atoms with Gasteiger partial charge in [-0.05, 0) is 48.8 Å². The minimum Gasteiger partial charge on any atom is -0.393 e. The molecule has 1 amide bonds. The van der Waals surface area contributed by atoms with Crippen molar-refractivity contribution < 1.29 is 14.6 Å². The van der Waals surface area contributed by atoms with Crippen molar-refractivity contribution in [1.29, 1.82) is 0 Å². The fourth-order valence-electron chi connectivity index (χ4n) is 5.13. The molecule has 4 rings (SSSR count). The number of benzene rings is 1. The zero-order valence-electron chi connectivity index (χ0n) is 19.7. The summed E-state index contributed by atoms with van der Waals surface area (Å²) in [6, 6.07) is 10.5. The number of rotatable bonds is 7. The molecule has 1 saturated heterocycles. The van der Waals surface area contributed by atoms with Crippen LogP contribution in [0.25, 0.3) is 11.1 Å². The Balaban J connectivity index is 1.44. The van der Waals surface area contributed by atoms with E-state index in [4.69, 9.17) is 10.5 Å². The number of nitrogens with two attached hydrogens (primary N) is 1. The van der Waals surface area contributed by atoms with Gasteiger partial charge in [-0.25, -0.2) is 4.98 Å². The van der Waals surface area contributed by atoms with E-state index in [-0.39, 0.29) is 23.9 Å². The Morgan fingerprint density at radius 1 is 1.18 bits per heavy atom. The topological polar surface area (TPSA) is 101 Å². The van der Waals surface area contributed by atoms with E-state index >= 15 is 0 Å². The SMILES string of the molecule is COCCN1C[C@@H](C)[C@H](c2ccc(-c3cnc(N)c(C(=O)NC4CCC(O)CC4)c3)cc2)C1. The van der Waals surface area contributed by atoms with E-state index in [1.165, 1.54) is 5.56 Å². The third-order valence-corrected chi connectivity index (χ3v) is 7.17. The van der Waals surface area contributed by atoms with Crippen molar-refractivity contribution in [3.63, 3.8) is 0 Å². The van der Waals surface area contributed by atoms with Crippen molar-refractivity contribution in [3.8, 4) is 11.1 Å². The fraction of sp³-hybridized carbons (Fsp3) is 0.538. The number of pyridine rings is 1. The number of nitrogens with zero attached hydrogens (tertiary/aromatic N) is 2. The monoisotopic (exact) mass is 452 g/mol. The van der Waals surface area contributed by atoms with Crippen molar-refractivity contribution in [3.05, 3.63) is 47.7 Å². The molecule has 4 N–H and O–H groups in total. The summed E-state index contributed by atoms with van der Waals surface area (Å²) in [6.45, 7) is 6.19. The van der Waals surface area contributed by atoms with Crippen LogP contribution in [0.15, 0.2) is 36.5 Å². The highest BCUT2D eigenvalue weighted by Gasteiger charge is 2.30. The summed E-state index contributed by atoms with van der Waals surface area (Å²) in [5.41, 5.74) is 9.68. The largest absolute Gasteiger partial charge is 0.393 e. The second-order valence-corrected chi connectivity index (χ2v) is 9.59. The van der Waals surface area contributed by atoms with Gasteiger partial charge in [0.25, 0.3) is 5.91 Å². The molecule has 1 aromatic carbocycles. The lowest BCUT2D eigenvalue weighted by molar-refractivity contribution is 0.0868. The van der Waals surface area contributed by atoms with Gasteiger partial charge in [-0.15, -0.1) is 0 Å². The number of aromatic nitrogens is 1. The number of ether oxygens (including phenoxy) is 1. The molecule has 178 valence electrons. The first-order chi connectivity index (χ1) is 15.9. The van der Waals surface area contributed by atoms with Gasteiger partial charge in [0, 0.05) is 50.5 Å². The highest BCUT2D eigenvalue weighted by Crippen LogP contribution is 2.33. The molecule has 1 aliphatic heterocycles. The zero-order chi connectivity index (χ0) is 23.4. The molecule has 33 heavy (non-hydrogen) atoms. The number of nitrogen functional groups attached to an aromatic ring is 1. The van der Waals surface area contributed by atoms with E-state index in [0.29, 0.717) is 17.4 Å². The lowest BCUT2D eigenvalue weighted by atomic mass is 9.89. The minimum atomic E-state index is -0.253. The maximum Gasteiger partial charge on any atom is 0.255 e. The number of carbonyl (C=O) groups excluding carboxylic acids is 1. The summed E-state index contributed by atoms with van der Waals surface area (Å²) in [6.07, 6.45) is 4.47. The molecule has 7 nitrogen and oxygen atoms in total. The van der Waals surface area contributed by atoms with E-state index in [9.17, 15) is 9.90 Å². The third kappa shape index (κ3) is 5.72. The maximum absolute atomic E-state index is 12.9. The summed E-state index contributed by atoms with van der Waals surface area (Å²) in [5, 5.41) is 12.7. The van der Waals surface area contributed by atoms with Gasteiger partial charge in [0.15, 0.2) is 0 Å². The molecule has 7 heteroatoms. The Kier molecular flexibility index (Phi) is 7.63. The molecule has 2 fully saturated rings. The smallest absolute Gasteiger partial charge is 0.255 e. The highest BCUT2D eigenvalue weighted by atomic mass is 16.5. The van der Waals surface area contributed by atoms with Crippen LogP contribution in [0.1, 0.15) is 54.4 Å². The summed E-state index contributed by atoms with van der Waals surface area (Å²) in [7, 11) is 1.75. The number of amides is 1. The van der Waals surface area contributed by atoms with Crippen molar-refractivity contribution in [2.75, 3.05) is 39.1 Å². The number of aliphatic hydroxyl groups is 1. The molecule has 0 radical (unpaired) electrons. The second-order valence-electron chi connectivity index (χ2n) is 9.59. The molecule has 2 aliphatic rings. The molecular formula is C26H36N4O3. The first kappa shape index (κ1) is 23.7. The van der Waals surface area contributed by atoms with Crippen LogP contribution in [0.5, 0.6) is 0 Å². The quantitative estimate of drug-likeness (QED) is 0.597. The standard InChI is InChI=1S/C26H36N4O3/c1-17-15-30(11-12-33-2)16-24(17)19-5-3-18(4-6-19)20-13-23(25(27)28-14-20)26(32)29-21-7-9-22(31)10-8-21/h3-6,13-14,17,21-22,24,31H,7-12,15-16H2,1-2H3,(H2,27,28)(H,29,32)/t17-,21?,22?,24-/m1/s1. The van der Waals surface area contributed by atoms with Crippen LogP contribution in [-0.4, -0.2) is 66.4 Å². The van der Waals surface area contributed by atoms with Gasteiger partial charge in [-0.2, -0.15) is 0 Å². The van der Waals surface area contributed by atoms with E-state index < -0.39 is 0 Å². The Bertz CT molecular complexity index is 941. The average molecular weight is 453 g/mol. The summed E-state index contributed by atoms with van der Waals surface area (Å²) in [5.74, 6) is 1.15. The molecule has 0 bridgehead atoms. The van der Waals surface area contributed by atoms with Gasteiger partial charge in [0.05, 0.1) is 18.3 Å². The van der Waals surface area contributed by atoms with Crippen molar-refractivity contribution in [2.45, 2.75) is 50.7 Å². The second kappa shape index (κ2) is 10.6. The number of aliphatic hydroxyl groups excluding tert-OH is 1. The summed E-state index contributed by atoms with van der Waals surface area (Å²) < 4.78 is 5.23. The van der Waals surface area contributed by atoms with Crippen LogP contribution >= 0.6 is 0 Å². The molecule has 1 saturated carbocycles. The van der Waals surface area contributed by atoms with Crippen LogP contribution in [0, 0.1) is 5.92 Å². The normalized spacial score (nSPS) is 25.8. The van der Waals surface area contributed by atoms with Crippen LogP contribution in [-0.2, 0) is 4.74 Å². The van der Waals surface area contributed by atoms with Crippen LogP contribution in [0.3, 0.4) is 0 Å². The van der Waals surface area contributed by atoms with E-state index in [1.54, 1.807) is 13.3 Å². The average Bonchev–Trinajstić information content (AvgIpc) is 3.20. The Labute approximate surface area is 196 Å². The number of carbonyl (C=O) groups is 1. The first-order valence-electron chi connectivity index (χ1n) is 12.0. The predicted molar refractivity (Wildman–Crippen MR) is 130 cm³/mol. The minimum absolute atomic E-state index is 0.0695. The van der Waals surface area contributed by atoms with Crippen LogP contribution in [0.2, 0.25) is 0 Å². The molecular weight excluding hydrogens is 416 g/mol. The lowest BCUT2D eigenvalue weighted by Crippen LogP contribution is -2.38. The highest BCUT2D eigenvalue weighted by molar-refractivity contribution is 5.99. The molecule has 2 aromatic rings. The molecule has 2 atom stereocenters. The number of nitrogens with one attached hydrogen (secondary N) is 1. The Morgan fingerprint density at radius 2 is 1.91 bits per heavy atom. The predicted octanol–water partition coefficient (Wildman–Crippen LogP) is 3.05. The summed E-state index contributed by atoms with van der Waals surface area (Å²) in [4.78, 5) is 19.6. The Hall–Kier alpha value is -2.48. The Morgan fingerprint density at radius 3 is 2.61 bits per heavy atom. The van der Waals surface area contributed by atoms with Gasteiger partial charge in [-0.1, -0.05) is 31.2 Å². The zero-order valence-corrected chi connectivity index (χ0v) is 19.7. The molecule has 1 aliphatic carbocycles. The maximum atomic E-state index is 12.9. The fourth-order valence-corrected chi connectivity index (χ4v) is 5.13. The van der Waals surface area contributed by atoms with Crippen LogP contribution < -0.4 is 11.1 Å². The van der Waals surface area contributed by atoms with E-state index in [2.05, 4.69) is 46.4 Å². The molecule has 0 spiro atoms. The summed E-state index contributed by atoms with van der Waals surface area (Å²) >= 11 is 0. The van der Waals surface area contributed by atoms with Crippen LogP contribution in [0.4, 0.5) is 5.82 Å². The number of hydrogen-bond acceptors (Lipinski definition) is 6. The molecule has 1 aromatic heterocycles. The van der Waals surface area contributed by atoms with E-state index in [0.717, 1.165) is 63.1 Å². The van der Waals surface area contributed by atoms with Gasteiger partial charge in [-0.3, -0.25) is 4.79 Å². The molecule has 0 unspecified atom stereocenters. The number of likely N-dealkylation sites (tertiary alicyclic amines) is 1. The van der Waals surface area contributed by atoms with Crippen molar-refractivity contribution in [1.82, 2.24) is 15.2 Å². The first-order valence-corrected chi connectivity index (χ1v) is 12.0.